The normalized spacial score (nSPS) is 20.9. The number of ether oxygens (including phenoxy) is 2. The molecular formula is C30H46N4O6. The maximum atomic E-state index is 13.3. The fourth-order valence-corrected chi connectivity index (χ4v) is 5.50. The van der Waals surface area contributed by atoms with Crippen LogP contribution in [0.15, 0.2) is 30.3 Å². The fourth-order valence-electron chi connectivity index (χ4n) is 5.50. The molecule has 1 aliphatic heterocycles. The Morgan fingerprint density at radius 1 is 1.00 bits per heavy atom. The Hall–Kier alpha value is -3.30. The minimum absolute atomic E-state index is 0.0434. The molecule has 2 N–H and O–H groups in total. The predicted molar refractivity (Wildman–Crippen MR) is 151 cm³/mol. The van der Waals surface area contributed by atoms with Crippen LogP contribution in [-0.2, 0) is 25.7 Å². The van der Waals surface area contributed by atoms with Crippen LogP contribution in [0.5, 0.6) is 0 Å². The Kier molecular flexibility index (Phi) is 10.4. The third-order valence-corrected chi connectivity index (χ3v) is 7.58. The number of carbonyl (C=O) groups is 4. The second kappa shape index (κ2) is 13.4. The first-order chi connectivity index (χ1) is 18.8. The lowest BCUT2D eigenvalue weighted by Crippen LogP contribution is -2.50. The van der Waals surface area contributed by atoms with E-state index in [1.54, 1.807) is 27.7 Å². The summed E-state index contributed by atoms with van der Waals surface area (Å²) >= 11 is 0. The lowest BCUT2D eigenvalue weighted by Gasteiger charge is -2.42. The number of hydrogen-bond acceptors (Lipinski definition) is 6. The first-order valence-electron chi connectivity index (χ1n) is 14.3. The number of nitrogens with zero attached hydrogens (tertiary/aromatic N) is 2. The number of carbonyl (C=O) groups excluding carboxylic acids is 4. The maximum Gasteiger partial charge on any atom is 0.411 e. The molecular weight excluding hydrogens is 512 g/mol. The fraction of sp³-hybridized carbons (Fsp3) is 0.667. The van der Waals surface area contributed by atoms with E-state index in [-0.39, 0.29) is 55.6 Å². The standard InChI is InChI=1S/C30H46N4O6/c1-21(35)34(23-12-14-30(5,6)15-13-23)24-18-25(33(19-24)28(38)40-29(2,3)4)26(36)31-16-17-32-27(37)39-20-22-10-8-7-9-11-22/h7-11,23-25H,12-20H2,1-6H3,(H,31,36)(H,32,37)/t24-,25-/m0/s1. The number of amides is 4. The molecule has 2 fully saturated rings. The zero-order valence-electron chi connectivity index (χ0n) is 24.8. The van der Waals surface area contributed by atoms with Gasteiger partial charge in [0.15, 0.2) is 0 Å². The lowest BCUT2D eigenvalue weighted by atomic mass is 9.75. The molecule has 222 valence electrons. The SMILES string of the molecule is CC(=O)N(C1CCC(C)(C)CC1)[C@H]1C[C@@H](C(=O)NCCNC(=O)OCc2ccccc2)N(C(=O)OC(C)(C)C)C1. The van der Waals surface area contributed by atoms with E-state index < -0.39 is 23.8 Å². The van der Waals surface area contributed by atoms with Gasteiger partial charge in [-0.2, -0.15) is 0 Å². The number of benzene rings is 1. The van der Waals surface area contributed by atoms with Gasteiger partial charge in [-0.1, -0.05) is 44.2 Å². The van der Waals surface area contributed by atoms with Crippen molar-refractivity contribution < 1.29 is 28.7 Å². The molecule has 1 saturated carbocycles. The van der Waals surface area contributed by atoms with Gasteiger partial charge in [0.05, 0.1) is 6.04 Å². The average molecular weight is 559 g/mol. The van der Waals surface area contributed by atoms with Crippen LogP contribution in [0, 0.1) is 5.41 Å². The van der Waals surface area contributed by atoms with Crippen LogP contribution in [0.25, 0.3) is 0 Å². The minimum atomic E-state index is -0.785. The van der Waals surface area contributed by atoms with Gasteiger partial charge in [0.2, 0.25) is 11.8 Å². The van der Waals surface area contributed by atoms with Gasteiger partial charge in [-0.05, 0) is 63.9 Å². The van der Waals surface area contributed by atoms with E-state index in [1.807, 2.05) is 35.2 Å². The van der Waals surface area contributed by atoms with Crippen molar-refractivity contribution in [3.8, 4) is 0 Å². The molecule has 3 rings (SSSR count). The van der Waals surface area contributed by atoms with Crippen LogP contribution in [0.4, 0.5) is 9.59 Å². The summed E-state index contributed by atoms with van der Waals surface area (Å²) in [4.78, 5) is 54.6. The third-order valence-electron chi connectivity index (χ3n) is 7.58. The van der Waals surface area contributed by atoms with Crippen LogP contribution in [0.2, 0.25) is 0 Å². The highest BCUT2D eigenvalue weighted by Gasteiger charge is 2.46. The lowest BCUT2D eigenvalue weighted by molar-refractivity contribution is -0.135. The maximum absolute atomic E-state index is 13.3. The van der Waals surface area contributed by atoms with Crippen LogP contribution in [0.3, 0.4) is 0 Å². The predicted octanol–water partition coefficient (Wildman–Crippen LogP) is 4.22. The van der Waals surface area contributed by atoms with Gasteiger partial charge in [-0.25, -0.2) is 9.59 Å². The van der Waals surface area contributed by atoms with E-state index in [0.717, 1.165) is 31.2 Å². The van der Waals surface area contributed by atoms with Gasteiger partial charge in [0.25, 0.3) is 0 Å². The molecule has 1 saturated heterocycles. The number of hydrogen-bond donors (Lipinski definition) is 2. The molecule has 40 heavy (non-hydrogen) atoms. The van der Waals surface area contributed by atoms with Crippen molar-refractivity contribution in [3.05, 3.63) is 35.9 Å². The van der Waals surface area contributed by atoms with E-state index in [4.69, 9.17) is 9.47 Å². The van der Waals surface area contributed by atoms with Crippen molar-refractivity contribution in [1.29, 1.82) is 0 Å². The van der Waals surface area contributed by atoms with Crippen molar-refractivity contribution in [2.75, 3.05) is 19.6 Å². The summed E-state index contributed by atoms with van der Waals surface area (Å²) in [5, 5.41) is 5.44. The van der Waals surface area contributed by atoms with Crippen LogP contribution in [-0.4, -0.2) is 77.2 Å². The second-order valence-corrected chi connectivity index (χ2v) is 12.6. The third kappa shape index (κ3) is 9.13. The molecule has 0 bridgehead atoms. The molecule has 4 amide bonds. The van der Waals surface area contributed by atoms with Gasteiger partial charge >= 0.3 is 12.2 Å². The molecule has 0 unspecified atom stereocenters. The van der Waals surface area contributed by atoms with Gasteiger partial charge in [-0.3, -0.25) is 14.5 Å². The monoisotopic (exact) mass is 558 g/mol. The van der Waals surface area contributed by atoms with Gasteiger partial charge in [0.1, 0.15) is 18.2 Å². The largest absolute Gasteiger partial charge is 0.445 e. The number of likely N-dealkylation sites (tertiary alicyclic amines) is 1. The highest BCUT2D eigenvalue weighted by Crippen LogP contribution is 2.39. The van der Waals surface area contributed by atoms with E-state index in [2.05, 4.69) is 24.5 Å². The number of rotatable bonds is 8. The highest BCUT2D eigenvalue weighted by molar-refractivity contribution is 5.87. The Morgan fingerprint density at radius 3 is 2.23 bits per heavy atom. The van der Waals surface area contributed by atoms with Crippen LogP contribution >= 0.6 is 0 Å². The average Bonchev–Trinajstić information content (AvgIpc) is 3.31. The van der Waals surface area contributed by atoms with Gasteiger partial charge in [-0.15, -0.1) is 0 Å². The topological polar surface area (TPSA) is 117 Å². The van der Waals surface area contributed by atoms with Crippen molar-refractivity contribution >= 4 is 24.0 Å². The molecule has 0 radical (unpaired) electrons. The van der Waals surface area contributed by atoms with Crippen molar-refractivity contribution in [2.45, 2.75) is 104 Å². The summed E-state index contributed by atoms with van der Waals surface area (Å²) in [5.74, 6) is -0.390. The zero-order chi connectivity index (χ0) is 29.5. The molecule has 10 heteroatoms. The van der Waals surface area contributed by atoms with E-state index in [9.17, 15) is 19.2 Å². The Morgan fingerprint density at radius 2 is 1.62 bits per heavy atom. The molecule has 1 aliphatic carbocycles. The molecule has 1 heterocycles. The van der Waals surface area contributed by atoms with E-state index >= 15 is 0 Å². The highest BCUT2D eigenvalue weighted by atomic mass is 16.6. The van der Waals surface area contributed by atoms with Crippen LogP contribution < -0.4 is 10.6 Å². The van der Waals surface area contributed by atoms with Gasteiger partial charge in [0, 0.05) is 32.6 Å². The van der Waals surface area contributed by atoms with Crippen molar-refractivity contribution in [2.24, 2.45) is 5.41 Å². The first-order valence-corrected chi connectivity index (χ1v) is 14.3. The number of nitrogens with one attached hydrogen (secondary N) is 2. The minimum Gasteiger partial charge on any atom is -0.445 e. The molecule has 1 aromatic rings. The Bertz CT molecular complexity index is 1030. The first kappa shape index (κ1) is 31.2. The summed E-state index contributed by atoms with van der Waals surface area (Å²) in [6.07, 6.45) is 3.02. The Labute approximate surface area is 238 Å². The molecule has 0 aromatic heterocycles. The molecule has 2 atom stereocenters. The summed E-state index contributed by atoms with van der Waals surface area (Å²) in [6, 6.07) is 8.37. The smallest absolute Gasteiger partial charge is 0.411 e. The quantitative estimate of drug-likeness (QED) is 0.462. The molecule has 1 aromatic carbocycles. The molecule has 2 aliphatic rings. The van der Waals surface area contributed by atoms with Crippen LogP contribution in [0.1, 0.15) is 79.2 Å². The summed E-state index contributed by atoms with van der Waals surface area (Å²) in [5.41, 5.74) is 0.400. The zero-order valence-corrected chi connectivity index (χ0v) is 24.8. The summed E-state index contributed by atoms with van der Waals surface area (Å²) in [7, 11) is 0. The number of alkyl carbamates (subject to hydrolysis) is 1. The second-order valence-electron chi connectivity index (χ2n) is 12.6. The molecule has 0 spiro atoms. The van der Waals surface area contributed by atoms with E-state index in [0.29, 0.717) is 6.42 Å². The van der Waals surface area contributed by atoms with Crippen molar-refractivity contribution in [1.82, 2.24) is 20.4 Å². The summed E-state index contributed by atoms with van der Waals surface area (Å²) in [6.45, 7) is 12.1. The van der Waals surface area contributed by atoms with Gasteiger partial charge < -0.3 is 25.0 Å². The van der Waals surface area contributed by atoms with Crippen molar-refractivity contribution in [3.63, 3.8) is 0 Å². The van der Waals surface area contributed by atoms with E-state index in [1.165, 1.54) is 4.90 Å². The molecule has 10 nitrogen and oxygen atoms in total. The Balaban J connectivity index is 1.59. The summed E-state index contributed by atoms with van der Waals surface area (Å²) < 4.78 is 10.8.